The summed E-state index contributed by atoms with van der Waals surface area (Å²) in [5.41, 5.74) is 0.802. The largest absolute Gasteiger partial charge is 0.573 e. The molecule has 2 aromatic rings. The van der Waals surface area contributed by atoms with Crippen molar-refractivity contribution >= 4 is 5.69 Å². The molecule has 0 bridgehead atoms. The van der Waals surface area contributed by atoms with Gasteiger partial charge in [-0.3, -0.25) is 0 Å². The number of benzene rings is 2. The first-order valence-electron chi connectivity index (χ1n) is 5.94. The molecule has 0 fully saturated rings. The number of rotatable bonds is 4. The summed E-state index contributed by atoms with van der Waals surface area (Å²) in [4.78, 5) is 0. The molecule has 0 saturated heterocycles. The summed E-state index contributed by atoms with van der Waals surface area (Å²) >= 11 is 0. The van der Waals surface area contributed by atoms with E-state index in [1.807, 2.05) is 0 Å². The molecule has 3 N–H and O–H groups in total. The quantitative estimate of drug-likeness (QED) is 0.755. The van der Waals surface area contributed by atoms with Crippen molar-refractivity contribution in [1.29, 1.82) is 0 Å². The van der Waals surface area contributed by atoms with Crippen LogP contribution in [0.1, 0.15) is 5.56 Å². The number of halogens is 3. The molecule has 0 aliphatic rings. The molecule has 4 nitrogen and oxygen atoms in total. The molecule has 21 heavy (non-hydrogen) atoms. The Morgan fingerprint density at radius 2 is 1.76 bits per heavy atom. The summed E-state index contributed by atoms with van der Waals surface area (Å²) in [6, 6.07) is 9.80. The van der Waals surface area contributed by atoms with E-state index < -0.39 is 6.36 Å². The summed E-state index contributed by atoms with van der Waals surface area (Å²) < 4.78 is 40.2. The van der Waals surface area contributed by atoms with E-state index in [-0.39, 0.29) is 23.8 Å². The Labute approximate surface area is 118 Å². The molecule has 0 radical (unpaired) electrons. The number of alkyl halides is 3. The van der Waals surface area contributed by atoms with Crippen LogP contribution in [0, 0.1) is 0 Å². The minimum atomic E-state index is -4.75. The highest BCUT2D eigenvalue weighted by Crippen LogP contribution is 2.29. The van der Waals surface area contributed by atoms with E-state index >= 15 is 0 Å². The van der Waals surface area contributed by atoms with Crippen molar-refractivity contribution in [1.82, 2.24) is 0 Å². The Balaban J connectivity index is 2.07. The number of aromatic hydroxyl groups is 2. The van der Waals surface area contributed by atoms with E-state index in [2.05, 4.69) is 10.1 Å². The minimum Gasteiger partial charge on any atom is -0.504 e. The predicted octanol–water partition coefficient (Wildman–Crippen LogP) is 3.61. The first kappa shape index (κ1) is 14.8. The molecule has 2 aromatic carbocycles. The van der Waals surface area contributed by atoms with Gasteiger partial charge in [-0.1, -0.05) is 18.2 Å². The Hall–Kier alpha value is -2.57. The standard InChI is InChI=1S/C14H12F3NO3/c15-14(16,17)21-11-5-2-4-10(7-11)18-8-9-3-1-6-12(19)13(9)20/h1-7,18-20H,8H2. The molecule has 112 valence electrons. The van der Waals surface area contributed by atoms with Gasteiger partial charge >= 0.3 is 6.36 Å². The molecule has 0 aliphatic heterocycles. The van der Waals surface area contributed by atoms with Gasteiger partial charge in [-0.25, -0.2) is 0 Å². The lowest BCUT2D eigenvalue weighted by Gasteiger charge is -2.12. The van der Waals surface area contributed by atoms with Crippen LogP contribution in [0.5, 0.6) is 17.2 Å². The number of hydrogen-bond acceptors (Lipinski definition) is 4. The number of ether oxygens (including phenoxy) is 1. The van der Waals surface area contributed by atoms with E-state index in [1.165, 1.54) is 24.3 Å². The first-order valence-corrected chi connectivity index (χ1v) is 5.94. The second-order valence-electron chi connectivity index (χ2n) is 4.21. The van der Waals surface area contributed by atoms with Crippen molar-refractivity contribution in [2.24, 2.45) is 0 Å². The third kappa shape index (κ3) is 4.20. The van der Waals surface area contributed by atoms with Crippen LogP contribution in [-0.4, -0.2) is 16.6 Å². The summed E-state index contributed by atoms with van der Waals surface area (Å²) in [7, 11) is 0. The maximum Gasteiger partial charge on any atom is 0.573 e. The second-order valence-corrected chi connectivity index (χ2v) is 4.21. The fourth-order valence-electron chi connectivity index (χ4n) is 1.72. The Morgan fingerprint density at radius 3 is 2.48 bits per heavy atom. The lowest BCUT2D eigenvalue weighted by Crippen LogP contribution is -2.17. The molecule has 0 heterocycles. The van der Waals surface area contributed by atoms with Gasteiger partial charge in [0.15, 0.2) is 11.5 Å². The Bertz CT molecular complexity index is 629. The maximum atomic E-state index is 12.1. The zero-order chi connectivity index (χ0) is 15.5. The first-order chi connectivity index (χ1) is 9.85. The summed E-state index contributed by atoms with van der Waals surface area (Å²) in [5.74, 6) is -0.871. The second kappa shape index (κ2) is 5.82. The number of hydrogen-bond donors (Lipinski definition) is 3. The van der Waals surface area contributed by atoms with Gasteiger partial charge in [-0.2, -0.15) is 0 Å². The minimum absolute atomic E-state index is 0.135. The van der Waals surface area contributed by atoms with Gasteiger partial charge in [0, 0.05) is 23.9 Å². The smallest absolute Gasteiger partial charge is 0.504 e. The molecular weight excluding hydrogens is 287 g/mol. The number of phenolic OH excluding ortho intramolecular Hbond substituents is 2. The summed E-state index contributed by atoms with van der Waals surface area (Å²) in [6.45, 7) is 0.135. The van der Waals surface area contributed by atoms with Crippen molar-refractivity contribution in [2.75, 3.05) is 5.32 Å². The molecular formula is C14H12F3NO3. The van der Waals surface area contributed by atoms with Crippen LogP contribution < -0.4 is 10.1 Å². The number of anilines is 1. The Morgan fingerprint density at radius 1 is 1.05 bits per heavy atom. The van der Waals surface area contributed by atoms with E-state index in [9.17, 15) is 23.4 Å². The fourth-order valence-corrected chi connectivity index (χ4v) is 1.72. The molecule has 7 heteroatoms. The topological polar surface area (TPSA) is 61.7 Å². The molecule has 0 atom stereocenters. The van der Waals surface area contributed by atoms with E-state index in [0.29, 0.717) is 11.3 Å². The van der Waals surface area contributed by atoms with E-state index in [0.717, 1.165) is 0 Å². The van der Waals surface area contributed by atoms with Crippen molar-refractivity contribution in [2.45, 2.75) is 12.9 Å². The number of para-hydroxylation sites is 1. The normalized spacial score (nSPS) is 11.2. The van der Waals surface area contributed by atoms with Gasteiger partial charge in [-0.15, -0.1) is 13.2 Å². The highest BCUT2D eigenvalue weighted by molar-refractivity contribution is 5.51. The highest BCUT2D eigenvalue weighted by Gasteiger charge is 2.31. The zero-order valence-corrected chi connectivity index (χ0v) is 10.7. The predicted molar refractivity (Wildman–Crippen MR) is 70.2 cm³/mol. The van der Waals surface area contributed by atoms with Crippen molar-refractivity contribution in [3.63, 3.8) is 0 Å². The van der Waals surface area contributed by atoms with Crippen LogP contribution >= 0.6 is 0 Å². The van der Waals surface area contributed by atoms with Gasteiger partial charge in [-0.05, 0) is 18.2 Å². The highest BCUT2D eigenvalue weighted by atomic mass is 19.4. The van der Waals surface area contributed by atoms with Crippen LogP contribution in [-0.2, 0) is 6.54 Å². The average molecular weight is 299 g/mol. The summed E-state index contributed by atoms with van der Waals surface area (Å²) in [5, 5.41) is 21.8. The molecule has 0 aromatic heterocycles. The van der Waals surface area contributed by atoms with Crippen LogP contribution in [0.25, 0.3) is 0 Å². The molecule has 2 rings (SSSR count). The SMILES string of the molecule is Oc1cccc(CNc2cccc(OC(F)(F)F)c2)c1O. The Kier molecular flexibility index (Phi) is 4.11. The average Bonchev–Trinajstić information content (AvgIpc) is 2.39. The lowest BCUT2D eigenvalue weighted by atomic mass is 10.2. The van der Waals surface area contributed by atoms with E-state index in [1.54, 1.807) is 18.2 Å². The van der Waals surface area contributed by atoms with E-state index in [4.69, 9.17) is 0 Å². The van der Waals surface area contributed by atoms with Gasteiger partial charge in [0.25, 0.3) is 0 Å². The van der Waals surface area contributed by atoms with Crippen molar-refractivity contribution < 1.29 is 28.1 Å². The van der Waals surface area contributed by atoms with Crippen molar-refractivity contribution in [3.05, 3.63) is 48.0 Å². The van der Waals surface area contributed by atoms with Crippen LogP contribution in [0.3, 0.4) is 0 Å². The van der Waals surface area contributed by atoms with Crippen molar-refractivity contribution in [3.8, 4) is 17.2 Å². The van der Waals surface area contributed by atoms with Gasteiger partial charge in [0.1, 0.15) is 5.75 Å². The van der Waals surface area contributed by atoms with Gasteiger partial charge in [0.05, 0.1) is 0 Å². The molecule has 0 saturated carbocycles. The van der Waals surface area contributed by atoms with Gasteiger partial charge < -0.3 is 20.3 Å². The number of nitrogens with one attached hydrogen (secondary N) is 1. The van der Waals surface area contributed by atoms with Crippen LogP contribution in [0.15, 0.2) is 42.5 Å². The molecule has 0 aliphatic carbocycles. The third-order valence-electron chi connectivity index (χ3n) is 2.65. The summed E-state index contributed by atoms with van der Waals surface area (Å²) in [6.07, 6.45) is -4.75. The molecule has 0 spiro atoms. The molecule has 0 unspecified atom stereocenters. The molecule has 0 amide bonds. The van der Waals surface area contributed by atoms with Gasteiger partial charge in [0.2, 0.25) is 0 Å². The maximum absolute atomic E-state index is 12.1. The third-order valence-corrected chi connectivity index (χ3v) is 2.65. The number of phenols is 2. The fraction of sp³-hybridized carbons (Fsp3) is 0.143. The van der Waals surface area contributed by atoms with Crippen LogP contribution in [0.4, 0.5) is 18.9 Å². The zero-order valence-electron chi connectivity index (χ0n) is 10.7. The van der Waals surface area contributed by atoms with Crippen LogP contribution in [0.2, 0.25) is 0 Å². The monoisotopic (exact) mass is 299 g/mol. The lowest BCUT2D eigenvalue weighted by molar-refractivity contribution is -0.274.